The van der Waals surface area contributed by atoms with Gasteiger partial charge in [-0.05, 0) is 79.5 Å². The Morgan fingerprint density at radius 3 is 2.16 bits per heavy atom. The Hall–Kier alpha value is -2.09. The number of ether oxygens (including phenoxy) is 1. The lowest BCUT2D eigenvalue weighted by Gasteiger charge is -2.08. The molecule has 2 saturated carbocycles. The average molecular weight is 457 g/mol. The molecule has 2 fully saturated rings. The first-order valence-corrected chi connectivity index (χ1v) is 12.8. The minimum absolute atomic E-state index is 0.161. The molecule has 4 aromatic heterocycles. The number of aromatic nitrogens is 2. The Balaban J connectivity index is 0.000000134. The Morgan fingerprint density at radius 2 is 1.58 bits per heavy atom. The lowest BCUT2D eigenvalue weighted by Crippen LogP contribution is -2.12. The highest BCUT2D eigenvalue weighted by atomic mass is 32.1. The van der Waals surface area contributed by atoms with Crippen LogP contribution in [-0.2, 0) is 24.4 Å². The van der Waals surface area contributed by atoms with Gasteiger partial charge in [-0.25, -0.2) is 4.79 Å². The van der Waals surface area contributed by atoms with E-state index in [0.29, 0.717) is 12.3 Å². The fourth-order valence-corrected chi connectivity index (χ4v) is 5.84. The first kappa shape index (κ1) is 20.8. The molecule has 164 valence electrons. The second-order valence-electron chi connectivity index (χ2n) is 8.51. The van der Waals surface area contributed by atoms with Crippen LogP contribution in [0.1, 0.15) is 48.8 Å². The van der Waals surface area contributed by atoms with Crippen LogP contribution >= 0.6 is 22.7 Å². The number of fused-ring (bicyclic) bond motifs is 2. The Bertz CT molecular complexity index is 1190. The molecule has 4 heterocycles. The molecule has 0 aromatic carbocycles. The molecule has 1 N–H and O–H groups in total. The summed E-state index contributed by atoms with van der Waals surface area (Å²) < 4.78 is 9.54. The van der Waals surface area contributed by atoms with Crippen LogP contribution in [0.5, 0.6) is 0 Å². The molecule has 5 nitrogen and oxygen atoms in total. The van der Waals surface area contributed by atoms with E-state index < -0.39 is 0 Å². The van der Waals surface area contributed by atoms with E-state index >= 15 is 0 Å². The van der Waals surface area contributed by atoms with E-state index in [4.69, 9.17) is 4.74 Å². The number of aliphatic hydroxyl groups excluding tert-OH is 1. The van der Waals surface area contributed by atoms with Gasteiger partial charge < -0.3 is 19.0 Å². The smallest absolute Gasteiger partial charge is 0.354 e. The van der Waals surface area contributed by atoms with Crippen molar-refractivity contribution in [1.29, 1.82) is 0 Å². The summed E-state index contributed by atoms with van der Waals surface area (Å²) in [7, 11) is 0. The first-order valence-electron chi connectivity index (χ1n) is 11.1. The zero-order chi connectivity index (χ0) is 21.4. The van der Waals surface area contributed by atoms with Crippen LogP contribution in [0.15, 0.2) is 35.0 Å². The maximum Gasteiger partial charge on any atom is 0.354 e. The predicted octanol–water partition coefficient (Wildman–Crippen LogP) is 5.89. The van der Waals surface area contributed by atoms with E-state index in [-0.39, 0.29) is 12.6 Å². The van der Waals surface area contributed by atoms with E-state index in [1.54, 1.807) is 22.7 Å². The summed E-state index contributed by atoms with van der Waals surface area (Å²) in [5, 5.41) is 15.9. The fourth-order valence-electron chi connectivity index (χ4n) is 4.01. The highest BCUT2D eigenvalue weighted by Crippen LogP contribution is 2.35. The van der Waals surface area contributed by atoms with Gasteiger partial charge in [0.15, 0.2) is 0 Å². The molecule has 0 bridgehead atoms. The summed E-state index contributed by atoms with van der Waals surface area (Å²) in [6, 6.07) is 8.25. The molecule has 0 radical (unpaired) electrons. The van der Waals surface area contributed by atoms with Crippen LogP contribution < -0.4 is 0 Å². The molecule has 0 spiro atoms. The third-order valence-electron chi connectivity index (χ3n) is 6.01. The summed E-state index contributed by atoms with van der Waals surface area (Å²) >= 11 is 3.47. The highest BCUT2D eigenvalue weighted by Gasteiger charge is 2.26. The van der Waals surface area contributed by atoms with Gasteiger partial charge in [-0.3, -0.25) is 0 Å². The molecule has 31 heavy (non-hydrogen) atoms. The third-order valence-corrected chi connectivity index (χ3v) is 7.92. The summed E-state index contributed by atoms with van der Waals surface area (Å²) in [5.41, 5.74) is 1.78. The van der Waals surface area contributed by atoms with E-state index in [1.165, 1.54) is 40.7 Å². The quantitative estimate of drug-likeness (QED) is 0.353. The number of thiophene rings is 2. The lowest BCUT2D eigenvalue weighted by atomic mass is 10.3. The van der Waals surface area contributed by atoms with Gasteiger partial charge in [0.2, 0.25) is 0 Å². The number of carbonyl (C=O) groups is 1. The van der Waals surface area contributed by atoms with Gasteiger partial charge in [0.05, 0.1) is 13.2 Å². The van der Waals surface area contributed by atoms with Crippen LogP contribution in [-0.4, -0.2) is 26.8 Å². The van der Waals surface area contributed by atoms with Gasteiger partial charge in [-0.1, -0.05) is 0 Å². The molecule has 0 unspecified atom stereocenters. The fraction of sp³-hybridized carbons (Fsp3) is 0.458. The number of rotatable bonds is 7. The monoisotopic (exact) mass is 456 g/mol. The van der Waals surface area contributed by atoms with Gasteiger partial charge in [0, 0.05) is 29.6 Å². The van der Waals surface area contributed by atoms with Crippen molar-refractivity contribution in [1.82, 2.24) is 9.13 Å². The van der Waals surface area contributed by atoms with Crippen molar-refractivity contribution in [2.75, 3.05) is 6.61 Å². The van der Waals surface area contributed by atoms with Crippen molar-refractivity contribution in [2.45, 2.75) is 52.3 Å². The zero-order valence-corrected chi connectivity index (χ0v) is 19.4. The highest BCUT2D eigenvalue weighted by molar-refractivity contribution is 7.17. The topological polar surface area (TPSA) is 56.4 Å². The number of esters is 1. The molecular weight excluding hydrogens is 428 g/mol. The minimum atomic E-state index is -0.198. The molecule has 7 heteroatoms. The number of hydrogen-bond donors (Lipinski definition) is 1. The molecule has 6 rings (SSSR count). The molecule has 2 aliphatic carbocycles. The van der Waals surface area contributed by atoms with Gasteiger partial charge in [0.25, 0.3) is 0 Å². The maximum absolute atomic E-state index is 11.9. The largest absolute Gasteiger partial charge is 0.461 e. The third kappa shape index (κ3) is 4.45. The van der Waals surface area contributed by atoms with Crippen LogP contribution in [0, 0.1) is 11.8 Å². The average Bonchev–Trinajstić information content (AvgIpc) is 3.57. The number of hydrogen-bond acceptors (Lipinski definition) is 5. The number of aliphatic hydroxyl groups is 1. The number of carbonyl (C=O) groups excluding carboxylic acids is 1. The lowest BCUT2D eigenvalue weighted by molar-refractivity contribution is 0.0514. The van der Waals surface area contributed by atoms with Gasteiger partial charge >= 0.3 is 5.97 Å². The molecule has 2 aliphatic rings. The van der Waals surface area contributed by atoms with Crippen molar-refractivity contribution in [3.05, 3.63) is 46.4 Å². The van der Waals surface area contributed by atoms with Crippen LogP contribution in [0.2, 0.25) is 0 Å². The summed E-state index contributed by atoms with van der Waals surface area (Å²) in [6.07, 6.45) is 5.28. The molecule has 0 amide bonds. The van der Waals surface area contributed by atoms with Gasteiger partial charge in [0.1, 0.15) is 15.4 Å². The van der Waals surface area contributed by atoms with Crippen molar-refractivity contribution < 1.29 is 14.6 Å². The summed E-state index contributed by atoms with van der Waals surface area (Å²) in [4.78, 5) is 14.4. The Kier molecular flexibility index (Phi) is 5.91. The SMILES string of the molecule is CCOC(=O)c1cc2ccsc2n1CC1CC1.OCc1cc2ccsc2n1CC1CC1. The maximum atomic E-state index is 11.9. The van der Waals surface area contributed by atoms with Crippen LogP contribution in [0.3, 0.4) is 0 Å². The molecule has 4 aromatic rings. The standard InChI is InChI=1S/C13H15NO2S.C11H13NOS/c1-2-16-13(15)11-7-10-5-6-17-12(10)14(11)8-9-3-4-9;13-7-10-5-9-3-4-14-11(9)12(10)6-8-1-2-8/h5-7,9H,2-4,8H2,1H3;3-5,8,13H,1-2,6-7H2. The van der Waals surface area contributed by atoms with Crippen molar-refractivity contribution >= 4 is 49.1 Å². The zero-order valence-electron chi connectivity index (χ0n) is 17.8. The Labute approximate surface area is 189 Å². The molecular formula is C24H28N2O3S2. The van der Waals surface area contributed by atoms with Crippen LogP contribution in [0.25, 0.3) is 20.4 Å². The van der Waals surface area contributed by atoms with Crippen molar-refractivity contribution in [3.8, 4) is 0 Å². The molecule has 0 saturated heterocycles. The van der Waals surface area contributed by atoms with E-state index in [2.05, 4.69) is 38.1 Å². The predicted molar refractivity (Wildman–Crippen MR) is 127 cm³/mol. The number of nitrogens with zero attached hydrogens (tertiary/aromatic N) is 2. The van der Waals surface area contributed by atoms with Crippen molar-refractivity contribution in [2.24, 2.45) is 11.8 Å². The molecule has 0 atom stereocenters. The van der Waals surface area contributed by atoms with Crippen LogP contribution in [0.4, 0.5) is 0 Å². The first-order chi connectivity index (χ1) is 15.2. The van der Waals surface area contributed by atoms with E-state index in [1.807, 2.05) is 13.0 Å². The van der Waals surface area contributed by atoms with Crippen molar-refractivity contribution in [3.63, 3.8) is 0 Å². The normalized spacial score (nSPS) is 15.9. The molecule has 0 aliphatic heterocycles. The summed E-state index contributed by atoms with van der Waals surface area (Å²) in [5.74, 6) is 1.41. The summed E-state index contributed by atoms with van der Waals surface area (Å²) in [6.45, 7) is 4.49. The van der Waals surface area contributed by atoms with E-state index in [0.717, 1.165) is 36.0 Å². The van der Waals surface area contributed by atoms with Gasteiger partial charge in [-0.15, -0.1) is 22.7 Å². The van der Waals surface area contributed by atoms with Gasteiger partial charge in [-0.2, -0.15) is 0 Å². The second kappa shape index (κ2) is 8.81. The Morgan fingerprint density at radius 1 is 1.00 bits per heavy atom. The second-order valence-corrected chi connectivity index (χ2v) is 10.3. The minimum Gasteiger partial charge on any atom is -0.461 e. The van der Waals surface area contributed by atoms with E-state index in [9.17, 15) is 9.90 Å².